The molecule has 5 unspecified atom stereocenters. The van der Waals surface area contributed by atoms with Crippen molar-refractivity contribution in [2.45, 2.75) is 218 Å². The summed E-state index contributed by atoms with van der Waals surface area (Å²) in [6, 6.07) is 0. The normalized spacial score (nSPS) is 51.4. The maximum Gasteiger partial charge on any atom is 0.315 e. The van der Waals surface area contributed by atoms with Gasteiger partial charge in [0.2, 0.25) is 6.29 Å². The average molecular weight is 983 g/mol. The Balaban J connectivity index is 0.997. The van der Waals surface area contributed by atoms with Crippen LogP contribution in [-0.4, -0.2) is 175 Å². The second-order valence-electron chi connectivity index (χ2n) is 23.9. The van der Waals surface area contributed by atoms with Crippen LogP contribution in [0, 0.1) is 50.2 Å². The van der Waals surface area contributed by atoms with E-state index in [1.54, 1.807) is 0 Å². The van der Waals surface area contributed by atoms with Crippen molar-refractivity contribution in [3.05, 3.63) is 11.6 Å². The Hall–Kier alpha value is -2.21. The number of carbonyl (C=O) groups excluding carboxylic acids is 3. The highest BCUT2D eigenvalue weighted by molar-refractivity contribution is 5.92. The largest absolute Gasteiger partial charge is 0.463 e. The molecule has 8 aliphatic rings. The quantitative estimate of drug-likeness (QED) is 0.115. The summed E-state index contributed by atoms with van der Waals surface area (Å²) in [5.74, 6) is -1.32. The van der Waals surface area contributed by atoms with E-state index in [4.69, 9.17) is 33.2 Å². The van der Waals surface area contributed by atoms with Crippen LogP contribution in [0.15, 0.2) is 11.6 Å². The van der Waals surface area contributed by atoms with Crippen molar-refractivity contribution < 1.29 is 93.5 Å². The lowest BCUT2D eigenvalue weighted by molar-refractivity contribution is -0.361. The molecule has 19 nitrogen and oxygen atoms in total. The van der Waals surface area contributed by atoms with E-state index in [0.717, 1.165) is 44.6 Å². The molecular formula is C50H78O19. The monoisotopic (exact) mass is 983 g/mol. The number of ether oxygens (including phenoxy) is 7. The predicted octanol–water partition coefficient (Wildman–Crippen LogP) is 0.918. The predicted molar refractivity (Wildman–Crippen MR) is 239 cm³/mol. The summed E-state index contributed by atoms with van der Waals surface area (Å²) in [6.45, 7) is 16.7. The van der Waals surface area contributed by atoms with E-state index in [-0.39, 0.29) is 40.0 Å². The summed E-state index contributed by atoms with van der Waals surface area (Å²) in [5.41, 5.74) is -1.62. The van der Waals surface area contributed by atoms with Crippen LogP contribution in [0.2, 0.25) is 0 Å². The van der Waals surface area contributed by atoms with Crippen LogP contribution in [0.1, 0.15) is 120 Å². The number of ketones is 1. The lowest BCUT2D eigenvalue weighted by atomic mass is 9.33. The number of hydrogen-bond donors (Lipinski definition) is 9. The molecule has 19 heteroatoms. The molecule has 392 valence electrons. The minimum absolute atomic E-state index is 0.00965. The molecule has 0 radical (unpaired) electrons. The molecule has 0 bridgehead atoms. The van der Waals surface area contributed by atoms with E-state index >= 15 is 4.79 Å². The molecule has 7 fully saturated rings. The molecular weight excluding hydrogens is 905 g/mol. The van der Waals surface area contributed by atoms with Gasteiger partial charge in [-0.05, 0) is 97.7 Å². The van der Waals surface area contributed by atoms with Crippen molar-refractivity contribution in [3.8, 4) is 0 Å². The first-order valence-corrected chi connectivity index (χ1v) is 25.0. The van der Waals surface area contributed by atoms with Crippen LogP contribution < -0.4 is 0 Å². The molecule has 0 aromatic carbocycles. The van der Waals surface area contributed by atoms with Gasteiger partial charge in [-0.1, -0.05) is 60.1 Å². The number of allylic oxidation sites excluding steroid dienone is 2. The number of aliphatic hydroxyl groups excluding tert-OH is 9. The Bertz CT molecular complexity index is 1980. The first kappa shape index (κ1) is 53.1. The molecule has 69 heavy (non-hydrogen) atoms. The Morgan fingerprint density at radius 2 is 1.33 bits per heavy atom. The van der Waals surface area contributed by atoms with Gasteiger partial charge in [-0.3, -0.25) is 14.4 Å². The zero-order valence-electron chi connectivity index (χ0n) is 41.4. The highest BCUT2D eigenvalue weighted by Crippen LogP contribution is 2.75. The Morgan fingerprint density at radius 1 is 0.696 bits per heavy atom. The van der Waals surface area contributed by atoms with Crippen molar-refractivity contribution in [1.29, 1.82) is 0 Å². The third-order valence-electron chi connectivity index (χ3n) is 19.5. The van der Waals surface area contributed by atoms with Gasteiger partial charge in [-0.25, -0.2) is 0 Å². The molecule has 0 spiro atoms. The summed E-state index contributed by atoms with van der Waals surface area (Å²) < 4.78 is 40.1. The third kappa shape index (κ3) is 8.57. The van der Waals surface area contributed by atoms with Crippen molar-refractivity contribution >= 4 is 17.7 Å². The van der Waals surface area contributed by atoms with E-state index in [1.165, 1.54) is 6.92 Å². The molecule has 3 saturated heterocycles. The summed E-state index contributed by atoms with van der Waals surface area (Å²) in [5, 5.41) is 98.2. The highest BCUT2D eigenvalue weighted by atomic mass is 16.8. The molecule has 9 N–H and O–H groups in total. The van der Waals surface area contributed by atoms with Gasteiger partial charge >= 0.3 is 11.9 Å². The second-order valence-corrected chi connectivity index (χ2v) is 23.9. The summed E-state index contributed by atoms with van der Waals surface area (Å²) in [4.78, 5) is 40.8. The van der Waals surface area contributed by atoms with Crippen molar-refractivity contribution in [3.63, 3.8) is 0 Å². The van der Waals surface area contributed by atoms with Gasteiger partial charge in [0.25, 0.3) is 0 Å². The van der Waals surface area contributed by atoms with E-state index in [0.29, 0.717) is 31.1 Å². The van der Waals surface area contributed by atoms with E-state index < -0.39 is 134 Å². The summed E-state index contributed by atoms with van der Waals surface area (Å²) in [7, 11) is 0. The lowest BCUT2D eigenvalue weighted by Crippen LogP contribution is -2.66. The van der Waals surface area contributed by atoms with Crippen molar-refractivity contribution in [1.82, 2.24) is 0 Å². The molecule has 0 aromatic heterocycles. The Labute approximate surface area is 403 Å². The number of Topliss-reactive ketones (excluding diaryl/α,β-unsaturated/α-hetero) is 1. The van der Waals surface area contributed by atoms with Crippen LogP contribution in [0.4, 0.5) is 0 Å². The zero-order valence-corrected chi connectivity index (χ0v) is 41.4. The van der Waals surface area contributed by atoms with E-state index in [9.17, 15) is 55.5 Å². The fourth-order valence-corrected chi connectivity index (χ4v) is 14.8. The van der Waals surface area contributed by atoms with Gasteiger partial charge in [-0.15, -0.1) is 0 Å². The lowest BCUT2D eigenvalue weighted by Gasteiger charge is -2.71. The van der Waals surface area contributed by atoms with E-state index in [2.05, 4.69) is 40.7 Å². The molecule has 5 aliphatic carbocycles. The van der Waals surface area contributed by atoms with Gasteiger partial charge in [-0.2, -0.15) is 0 Å². The number of hydrogen-bond acceptors (Lipinski definition) is 19. The molecule has 8 rings (SSSR count). The molecule has 0 aromatic rings. The standard InChI is InChI=1S/C50H78O19/c1-22-32(54)34(56)37(59)42(65-22)68-40-27(21-63-23(2)51)67-41(39(61)36(40)58)64-20-26-33(55)35(57)38(60)43(66-26)69-44(62)50-17-16-48(8)24(25(50)18-45(3,4)31(53)19-50)10-11-29-47(7)14-13-30(52)46(5,6)28(47)12-15-49(29,48)9/h10,22,25-30,32-43,52,54-61H,11-21H2,1-9H3/t22?,25-,26-,27-,28+,29-,30-,32?,33-,34?,35+,36-,37?,38-,39-,40-,41-,42?,43+,47+,48-,49-,50-/m1/s1. The van der Waals surface area contributed by atoms with Crippen LogP contribution in [0.5, 0.6) is 0 Å². The summed E-state index contributed by atoms with van der Waals surface area (Å²) >= 11 is 0. The van der Waals surface area contributed by atoms with Crippen LogP contribution in [0.3, 0.4) is 0 Å². The maximum absolute atomic E-state index is 15.0. The average Bonchev–Trinajstić information content (AvgIpc) is 3.28. The number of esters is 2. The summed E-state index contributed by atoms with van der Waals surface area (Å²) in [6.07, 6.45) is -17.5. The Kier molecular flexibility index (Phi) is 14.3. The number of fused-ring (bicyclic) bond motifs is 7. The molecule has 23 atom stereocenters. The van der Waals surface area contributed by atoms with Gasteiger partial charge in [0.05, 0.1) is 24.2 Å². The first-order valence-electron chi connectivity index (χ1n) is 25.0. The zero-order chi connectivity index (χ0) is 50.7. The number of carbonyl (C=O) groups is 3. The minimum atomic E-state index is -1.92. The number of rotatable bonds is 9. The Morgan fingerprint density at radius 3 is 2.01 bits per heavy atom. The topological polar surface area (TPSA) is 298 Å². The molecule has 3 aliphatic heterocycles. The maximum atomic E-state index is 15.0. The fraction of sp³-hybridized carbons (Fsp3) is 0.900. The van der Waals surface area contributed by atoms with Crippen LogP contribution in [0.25, 0.3) is 0 Å². The smallest absolute Gasteiger partial charge is 0.315 e. The second kappa shape index (κ2) is 18.6. The van der Waals surface area contributed by atoms with Crippen molar-refractivity contribution in [2.24, 2.45) is 50.2 Å². The number of aliphatic hydroxyl groups is 9. The van der Waals surface area contributed by atoms with Gasteiger partial charge in [0.1, 0.15) is 79.5 Å². The molecule has 0 amide bonds. The SMILES string of the molecule is CC(=O)OC[C@H]1O[C@@H](OC[C@H]2O[C@@H](OC(=O)[C@@]34CC[C@]5(C)C(=CC[C@@H]6[C@@]7(C)CC[C@@H](O)C(C)(C)[C@@H]7CC[C@]65C)[C@H]3CC(C)(C)C(=O)C4)[C@H](O)[C@@H](O)[C@@H]2O)[C@H](O)[C@@H](O)[C@@H]1OC1OC(C)C(O)C(O)C1O. The highest BCUT2D eigenvalue weighted by Gasteiger charge is 2.70. The fourth-order valence-electron chi connectivity index (χ4n) is 14.8. The molecule has 4 saturated carbocycles. The van der Waals surface area contributed by atoms with Crippen LogP contribution in [-0.2, 0) is 47.5 Å². The van der Waals surface area contributed by atoms with Gasteiger partial charge in [0.15, 0.2) is 12.6 Å². The molecule has 3 heterocycles. The third-order valence-corrected chi connectivity index (χ3v) is 19.5. The van der Waals surface area contributed by atoms with Crippen molar-refractivity contribution in [2.75, 3.05) is 13.2 Å². The van der Waals surface area contributed by atoms with E-state index in [1.807, 2.05) is 13.8 Å². The minimum Gasteiger partial charge on any atom is -0.463 e. The first-order chi connectivity index (χ1) is 32.1. The van der Waals surface area contributed by atoms with Gasteiger partial charge in [0, 0.05) is 18.8 Å². The van der Waals surface area contributed by atoms with Gasteiger partial charge < -0.3 is 79.1 Å². The van der Waals surface area contributed by atoms with Crippen LogP contribution >= 0.6 is 0 Å².